The van der Waals surface area contributed by atoms with Crippen LogP contribution in [0.2, 0.25) is 13.1 Å². The van der Waals surface area contributed by atoms with E-state index in [0.717, 1.165) is 60.7 Å². The van der Waals surface area contributed by atoms with E-state index in [-0.39, 0.29) is 0 Å². The van der Waals surface area contributed by atoms with Crippen LogP contribution < -0.4 is 20.0 Å². The van der Waals surface area contributed by atoms with Crippen molar-refractivity contribution in [2.45, 2.75) is 32.7 Å². The van der Waals surface area contributed by atoms with Crippen molar-refractivity contribution in [2.24, 2.45) is 0 Å². The molecule has 0 saturated carbocycles. The Morgan fingerprint density at radius 3 is 1.75 bits per heavy atom. The van der Waals surface area contributed by atoms with Crippen molar-refractivity contribution in [1.82, 2.24) is 4.98 Å². The Kier molecular flexibility index (Phi) is 8.47. The first kappa shape index (κ1) is 33.8. The molecule has 7 aromatic carbocycles. The highest BCUT2D eigenvalue weighted by Crippen LogP contribution is 2.51. The average molecular weight is 761 g/mol. The summed E-state index contributed by atoms with van der Waals surface area (Å²) >= 11 is 3.68. The molecule has 0 aliphatic carbocycles. The molecule has 3 heterocycles. The second-order valence-electron chi connectivity index (χ2n) is 14.4. The Labute approximate surface area is 331 Å². The normalized spacial score (nSPS) is 13.4. The third kappa shape index (κ3) is 6.07. The summed E-state index contributed by atoms with van der Waals surface area (Å²) in [7, 11) is -1.84. The maximum Gasteiger partial charge on any atom is 0.149 e. The van der Waals surface area contributed by atoms with Crippen LogP contribution in [0.15, 0.2) is 202 Å². The van der Waals surface area contributed by atoms with Crippen LogP contribution >= 0.6 is 23.5 Å². The zero-order chi connectivity index (χ0) is 36.9. The topological polar surface area (TPSA) is 25.4 Å². The van der Waals surface area contributed by atoms with E-state index in [9.17, 15) is 0 Å². The van der Waals surface area contributed by atoms with Crippen LogP contribution in [-0.2, 0) is 0 Å². The molecule has 2 aliphatic heterocycles. The molecule has 0 atom stereocenters. The molecule has 0 fully saturated rings. The van der Waals surface area contributed by atoms with E-state index in [1.165, 1.54) is 31.3 Å². The van der Waals surface area contributed by atoms with E-state index in [1.807, 2.05) is 42.2 Å². The fourth-order valence-corrected chi connectivity index (χ4v) is 14.4. The number of anilines is 3. The number of fused-ring (bicyclic) bond motifs is 4. The van der Waals surface area contributed by atoms with E-state index < -0.39 is 8.07 Å². The van der Waals surface area contributed by atoms with Crippen molar-refractivity contribution < 1.29 is 4.74 Å². The van der Waals surface area contributed by atoms with Gasteiger partial charge in [0.05, 0.1) is 15.5 Å². The van der Waals surface area contributed by atoms with Gasteiger partial charge in [-0.1, -0.05) is 140 Å². The van der Waals surface area contributed by atoms with Crippen LogP contribution in [0.4, 0.5) is 17.1 Å². The lowest BCUT2D eigenvalue weighted by atomic mass is 10.0. The second kappa shape index (κ2) is 13.8. The Morgan fingerprint density at radius 2 is 1.04 bits per heavy atom. The number of para-hydroxylation sites is 2. The van der Waals surface area contributed by atoms with Crippen molar-refractivity contribution in [1.29, 1.82) is 0 Å². The first-order chi connectivity index (χ1) is 27.0. The number of aromatic nitrogens is 1. The number of ether oxygens (including phenoxy) is 1. The summed E-state index contributed by atoms with van der Waals surface area (Å²) in [5.74, 6) is 1.81. The van der Waals surface area contributed by atoms with Crippen LogP contribution in [0.5, 0.6) is 11.5 Å². The molecule has 6 heteroatoms. The highest BCUT2D eigenvalue weighted by molar-refractivity contribution is 8.00. The van der Waals surface area contributed by atoms with Gasteiger partial charge in [0.1, 0.15) is 19.6 Å². The summed E-state index contributed by atoms with van der Waals surface area (Å²) in [4.78, 5) is 12.0. The van der Waals surface area contributed by atoms with Gasteiger partial charge in [-0.15, -0.1) is 0 Å². The minimum Gasteiger partial charge on any atom is -0.454 e. The van der Waals surface area contributed by atoms with E-state index in [2.05, 4.69) is 175 Å². The molecule has 0 unspecified atom stereocenters. The van der Waals surface area contributed by atoms with E-state index in [0.29, 0.717) is 0 Å². The predicted molar refractivity (Wildman–Crippen MR) is 233 cm³/mol. The number of hydrogen-bond donors (Lipinski definition) is 0. The van der Waals surface area contributed by atoms with Gasteiger partial charge in [0, 0.05) is 44.2 Å². The predicted octanol–water partition coefficient (Wildman–Crippen LogP) is 13.1. The van der Waals surface area contributed by atoms with Gasteiger partial charge in [-0.2, -0.15) is 0 Å². The Balaban J connectivity index is 1.02. The zero-order valence-electron chi connectivity index (χ0n) is 30.4. The Hall–Kier alpha value is -5.79. The molecule has 0 amide bonds. The first-order valence-corrected chi connectivity index (χ1v) is 23.2. The van der Waals surface area contributed by atoms with Gasteiger partial charge >= 0.3 is 0 Å². The lowest BCUT2D eigenvalue weighted by Gasteiger charge is -2.34. The third-order valence-corrected chi connectivity index (χ3v) is 16.9. The molecular formula is C49H36N2OS2Si. The molecule has 264 valence electrons. The molecule has 0 saturated heterocycles. The molecule has 55 heavy (non-hydrogen) atoms. The third-order valence-electron chi connectivity index (χ3n) is 10.7. The number of rotatable bonds is 6. The smallest absolute Gasteiger partial charge is 0.149 e. The van der Waals surface area contributed by atoms with Gasteiger partial charge < -0.3 is 9.64 Å². The molecule has 0 N–H and O–H groups in total. The summed E-state index contributed by atoms with van der Waals surface area (Å²) in [5, 5.41) is 3.04. The fourth-order valence-electron chi connectivity index (χ4n) is 7.81. The van der Waals surface area contributed by atoms with E-state index >= 15 is 0 Å². The van der Waals surface area contributed by atoms with Gasteiger partial charge in [-0.3, -0.25) is 4.98 Å². The highest BCUT2D eigenvalue weighted by Gasteiger charge is 2.36. The number of benzene rings is 7. The largest absolute Gasteiger partial charge is 0.454 e. The van der Waals surface area contributed by atoms with Crippen LogP contribution in [0.25, 0.3) is 33.5 Å². The number of hydrogen-bond acceptors (Lipinski definition) is 5. The van der Waals surface area contributed by atoms with E-state index in [4.69, 9.17) is 4.74 Å². The van der Waals surface area contributed by atoms with Gasteiger partial charge in [0.2, 0.25) is 0 Å². The molecule has 0 bridgehead atoms. The van der Waals surface area contributed by atoms with Gasteiger partial charge in [-0.25, -0.2) is 0 Å². The second-order valence-corrected chi connectivity index (χ2v) is 20.8. The van der Waals surface area contributed by atoms with E-state index in [1.54, 1.807) is 11.8 Å². The first-order valence-electron chi connectivity index (χ1n) is 18.5. The Bertz CT molecular complexity index is 2700. The van der Waals surface area contributed by atoms with Crippen molar-refractivity contribution >= 4 is 59.0 Å². The van der Waals surface area contributed by atoms with Crippen LogP contribution in [0, 0.1) is 0 Å². The maximum absolute atomic E-state index is 6.50. The van der Waals surface area contributed by atoms with Crippen LogP contribution in [0.1, 0.15) is 0 Å². The summed E-state index contributed by atoms with van der Waals surface area (Å²) in [5.41, 5.74) is 10.0. The molecule has 1 aromatic heterocycles. The molecule has 2 aliphatic rings. The zero-order valence-corrected chi connectivity index (χ0v) is 33.1. The van der Waals surface area contributed by atoms with Gasteiger partial charge in [0.25, 0.3) is 0 Å². The molecule has 8 aromatic rings. The molecule has 0 spiro atoms. The van der Waals surface area contributed by atoms with Crippen molar-refractivity contribution in [3.8, 4) is 45.0 Å². The standard InChI is InChI=1S/C49H36N2OS2Si/c1-55(2)46-18-6-5-16-44(46)54-49-40(12-10-19-47(49)55)34-22-28-37(29-23-34)51(38-30-24-35(25-31-38)41-13-7-8-32-50-41)36-26-20-33(21-27-36)39-11-9-17-45-48(39)52-42-14-3-4-15-43(42)53-45/h3-32H,1-2H3. The molecular weight excluding hydrogens is 725 g/mol. The summed E-state index contributed by atoms with van der Waals surface area (Å²) in [6.45, 7) is 4.97. The van der Waals surface area contributed by atoms with Crippen molar-refractivity contribution in [3.05, 3.63) is 182 Å². The quantitative estimate of drug-likeness (QED) is 0.157. The minimum absolute atomic E-state index is 0.901. The van der Waals surface area contributed by atoms with Crippen LogP contribution in [0.3, 0.4) is 0 Å². The summed E-state index contributed by atoms with van der Waals surface area (Å²) < 4.78 is 6.50. The van der Waals surface area contributed by atoms with Crippen molar-refractivity contribution in [2.75, 3.05) is 4.90 Å². The molecule has 10 rings (SSSR count). The lowest BCUT2D eigenvalue weighted by Crippen LogP contribution is -2.56. The molecule has 3 nitrogen and oxygen atoms in total. The summed E-state index contributed by atoms with van der Waals surface area (Å²) in [6, 6.07) is 63.2. The van der Waals surface area contributed by atoms with Crippen molar-refractivity contribution in [3.63, 3.8) is 0 Å². The van der Waals surface area contributed by atoms with Gasteiger partial charge in [-0.05, 0) is 99.9 Å². The maximum atomic E-state index is 6.50. The monoisotopic (exact) mass is 760 g/mol. The summed E-state index contributed by atoms with van der Waals surface area (Å²) in [6.07, 6.45) is 1.84. The minimum atomic E-state index is -1.84. The van der Waals surface area contributed by atoms with Gasteiger partial charge in [0.15, 0.2) is 0 Å². The number of pyridine rings is 1. The number of nitrogens with zero attached hydrogens (tertiary/aromatic N) is 2. The molecule has 0 radical (unpaired) electrons. The Morgan fingerprint density at radius 1 is 0.473 bits per heavy atom. The average Bonchev–Trinajstić information content (AvgIpc) is 3.24. The fraction of sp³-hybridized carbons (Fsp3) is 0.0408. The highest BCUT2D eigenvalue weighted by atomic mass is 32.2. The lowest BCUT2D eigenvalue weighted by molar-refractivity contribution is 0.456. The SMILES string of the molecule is C[Si]1(C)c2ccccc2Sc2c(-c3ccc(N(c4ccc(-c5ccccn5)cc4)c4ccc(-c5cccc6c5Oc5ccccc5S6)cc4)cc3)cccc21. The van der Waals surface area contributed by atoms with Crippen LogP contribution in [-0.4, -0.2) is 13.1 Å².